The fourth-order valence-electron chi connectivity index (χ4n) is 5.36. The Kier molecular flexibility index (Phi) is 6.18. The van der Waals surface area contributed by atoms with E-state index < -0.39 is 29.0 Å². The zero-order valence-corrected chi connectivity index (χ0v) is 19.7. The number of benzene rings is 3. The molecule has 0 fully saturated rings. The largest absolute Gasteiger partial charge is 0.405 e. The van der Waals surface area contributed by atoms with Crippen molar-refractivity contribution in [3.8, 4) is 11.1 Å². The molecule has 1 aliphatic rings. The molecule has 0 saturated carbocycles. The number of alkyl halides is 3. The lowest BCUT2D eigenvalue weighted by Gasteiger charge is -2.31. The topological polar surface area (TPSA) is 90.1 Å². The number of aryl methyl sites for hydroxylation is 1. The Morgan fingerprint density at radius 3 is 2.24 bits per heavy atom. The first-order chi connectivity index (χ1) is 17.7. The maximum atomic E-state index is 13.5. The molecule has 0 saturated heterocycles. The number of non-ortho nitro benzene ring substituents is 1. The van der Waals surface area contributed by atoms with Crippen LogP contribution in [0.15, 0.2) is 73.1 Å². The molecule has 190 valence electrons. The Morgan fingerprint density at radius 2 is 1.62 bits per heavy atom. The summed E-state index contributed by atoms with van der Waals surface area (Å²) in [5.41, 5.74) is 2.67. The van der Waals surface area contributed by atoms with Crippen molar-refractivity contribution >= 4 is 22.6 Å². The van der Waals surface area contributed by atoms with Crippen LogP contribution in [0.1, 0.15) is 30.4 Å². The Bertz CT molecular complexity index is 1450. The second-order valence-corrected chi connectivity index (χ2v) is 9.09. The summed E-state index contributed by atoms with van der Waals surface area (Å²) in [6.45, 7) is -0.918. The summed E-state index contributed by atoms with van der Waals surface area (Å²) >= 11 is 0. The highest BCUT2D eigenvalue weighted by Crippen LogP contribution is 2.51. The number of nitro groups is 1. The Balaban J connectivity index is 1.43. The quantitative estimate of drug-likeness (QED) is 0.186. The molecule has 0 spiro atoms. The first kappa shape index (κ1) is 24.5. The highest BCUT2D eigenvalue weighted by atomic mass is 19.4. The van der Waals surface area contributed by atoms with Crippen molar-refractivity contribution in [2.75, 3.05) is 6.54 Å². The van der Waals surface area contributed by atoms with Crippen LogP contribution in [0.4, 0.5) is 18.9 Å². The van der Waals surface area contributed by atoms with Gasteiger partial charge in [-0.1, -0.05) is 54.6 Å². The second-order valence-electron chi connectivity index (χ2n) is 9.09. The number of hydrogen-bond donors (Lipinski definition) is 1. The highest BCUT2D eigenvalue weighted by Gasteiger charge is 2.49. The minimum atomic E-state index is -4.53. The first-order valence-electron chi connectivity index (χ1n) is 11.8. The van der Waals surface area contributed by atoms with Crippen LogP contribution >= 0.6 is 0 Å². The monoisotopic (exact) mass is 508 g/mol. The molecule has 0 aliphatic heterocycles. The van der Waals surface area contributed by atoms with E-state index in [0.29, 0.717) is 48.0 Å². The van der Waals surface area contributed by atoms with Crippen LogP contribution in [-0.4, -0.2) is 33.1 Å². The van der Waals surface area contributed by atoms with Gasteiger partial charge < -0.3 is 9.88 Å². The molecule has 5 rings (SSSR count). The van der Waals surface area contributed by atoms with E-state index >= 15 is 0 Å². The molecule has 1 aliphatic carbocycles. The molecular weight excluding hydrogens is 485 g/mol. The van der Waals surface area contributed by atoms with E-state index in [4.69, 9.17) is 0 Å². The summed E-state index contributed by atoms with van der Waals surface area (Å²) in [4.78, 5) is 28.6. The number of halogens is 3. The van der Waals surface area contributed by atoms with Crippen LogP contribution in [0.2, 0.25) is 0 Å². The number of rotatable bonds is 8. The Hall–Kier alpha value is -4.21. The van der Waals surface area contributed by atoms with E-state index in [1.165, 1.54) is 6.07 Å². The molecule has 1 amide bonds. The van der Waals surface area contributed by atoms with Gasteiger partial charge in [0.05, 0.1) is 16.8 Å². The van der Waals surface area contributed by atoms with Gasteiger partial charge >= 0.3 is 6.18 Å². The summed E-state index contributed by atoms with van der Waals surface area (Å²) in [5, 5.41) is 13.4. The van der Waals surface area contributed by atoms with Gasteiger partial charge in [0, 0.05) is 12.6 Å². The van der Waals surface area contributed by atoms with Gasteiger partial charge in [0.25, 0.3) is 5.69 Å². The lowest BCUT2D eigenvalue weighted by atomic mass is 9.73. The molecule has 4 aromatic rings. The number of hydrogen-bond acceptors (Lipinski definition) is 4. The summed E-state index contributed by atoms with van der Waals surface area (Å²) < 4.78 is 40.9. The van der Waals surface area contributed by atoms with E-state index in [-0.39, 0.29) is 5.69 Å². The summed E-state index contributed by atoms with van der Waals surface area (Å²) in [5.74, 6) is -0.675. The number of carbonyl (C=O) groups excluding carboxylic acids is 1. The number of unbranched alkanes of at least 4 members (excludes halogenated alkanes) is 1. The molecule has 10 heteroatoms. The number of fused-ring (bicyclic) bond motifs is 4. The third-order valence-electron chi connectivity index (χ3n) is 6.93. The summed E-state index contributed by atoms with van der Waals surface area (Å²) in [7, 11) is 0. The molecule has 3 aromatic carbocycles. The molecular formula is C27H23F3N4O3. The molecule has 7 nitrogen and oxygen atoms in total. The fourth-order valence-corrected chi connectivity index (χ4v) is 5.36. The number of carbonyl (C=O) groups is 1. The standard InChI is InChI=1S/C27H23F3N4O3/c28-27(29,30)16-31-25(35)26(20-10-3-1-8-18(20)19-9-2-4-11-21(19)26)14-5-6-15-33-17-32-24-22(33)12-7-13-23(24)34(36)37/h1-4,7-13,17H,5-6,14-16H2,(H,31,35). The SMILES string of the molecule is O=C(NCC(F)(F)F)C1(CCCCn2cnc3c([N+](=O)[O-])cccc32)c2ccccc2-c2ccccc21. The lowest BCUT2D eigenvalue weighted by Crippen LogP contribution is -2.47. The van der Waals surface area contributed by atoms with Crippen molar-refractivity contribution < 1.29 is 22.9 Å². The van der Waals surface area contributed by atoms with Crippen molar-refractivity contribution in [1.29, 1.82) is 0 Å². The van der Waals surface area contributed by atoms with E-state index in [1.807, 2.05) is 41.0 Å². The number of nitrogens with zero attached hydrogens (tertiary/aromatic N) is 3. The van der Waals surface area contributed by atoms with Gasteiger partial charge in [0.15, 0.2) is 5.52 Å². The third-order valence-corrected chi connectivity index (χ3v) is 6.93. The van der Waals surface area contributed by atoms with Crippen molar-refractivity contribution in [2.45, 2.75) is 37.4 Å². The van der Waals surface area contributed by atoms with Crippen molar-refractivity contribution in [2.24, 2.45) is 0 Å². The minimum absolute atomic E-state index is 0.0734. The number of amides is 1. The average Bonchev–Trinajstić information content (AvgIpc) is 3.42. The number of nitrogens with one attached hydrogen (secondary N) is 1. The van der Waals surface area contributed by atoms with Gasteiger partial charge in [-0.2, -0.15) is 13.2 Å². The van der Waals surface area contributed by atoms with E-state index in [1.54, 1.807) is 30.6 Å². The maximum absolute atomic E-state index is 13.5. The predicted molar refractivity (Wildman–Crippen MR) is 132 cm³/mol. The number of aromatic nitrogens is 2. The summed E-state index contributed by atoms with van der Waals surface area (Å²) in [6.07, 6.45) is -1.57. The molecule has 0 unspecified atom stereocenters. The normalized spacial score (nSPS) is 13.8. The smallest absolute Gasteiger partial charge is 0.346 e. The van der Waals surface area contributed by atoms with E-state index in [9.17, 15) is 28.1 Å². The zero-order chi connectivity index (χ0) is 26.2. The van der Waals surface area contributed by atoms with Crippen LogP contribution in [0.5, 0.6) is 0 Å². The Labute approximate surface area is 210 Å². The lowest BCUT2D eigenvalue weighted by molar-refractivity contribution is -0.383. The number of imidazole rings is 1. The van der Waals surface area contributed by atoms with Crippen LogP contribution in [0, 0.1) is 10.1 Å². The van der Waals surface area contributed by atoms with E-state index in [0.717, 1.165) is 11.1 Å². The third kappa shape index (κ3) is 4.32. The van der Waals surface area contributed by atoms with Crippen LogP contribution < -0.4 is 5.32 Å². The van der Waals surface area contributed by atoms with Gasteiger partial charge in [-0.3, -0.25) is 14.9 Å². The Morgan fingerprint density at radius 1 is 0.973 bits per heavy atom. The number of para-hydroxylation sites is 1. The molecule has 1 aromatic heterocycles. The second kappa shape index (κ2) is 9.34. The highest BCUT2D eigenvalue weighted by molar-refractivity contribution is 6.00. The molecule has 0 bridgehead atoms. The van der Waals surface area contributed by atoms with Crippen molar-refractivity contribution in [1.82, 2.24) is 14.9 Å². The van der Waals surface area contributed by atoms with Gasteiger partial charge in [-0.15, -0.1) is 0 Å². The van der Waals surface area contributed by atoms with Crippen LogP contribution in [0.3, 0.4) is 0 Å². The fraction of sp³-hybridized carbons (Fsp3) is 0.259. The van der Waals surface area contributed by atoms with Crippen LogP contribution in [0.25, 0.3) is 22.2 Å². The first-order valence-corrected chi connectivity index (χ1v) is 11.8. The molecule has 0 radical (unpaired) electrons. The van der Waals surface area contributed by atoms with Crippen molar-refractivity contribution in [3.63, 3.8) is 0 Å². The molecule has 0 atom stereocenters. The van der Waals surface area contributed by atoms with Gasteiger partial charge in [-0.25, -0.2) is 4.98 Å². The van der Waals surface area contributed by atoms with E-state index in [2.05, 4.69) is 10.3 Å². The van der Waals surface area contributed by atoms with Gasteiger partial charge in [0.1, 0.15) is 12.0 Å². The number of nitro benzene ring substituents is 1. The van der Waals surface area contributed by atoms with Crippen LogP contribution in [-0.2, 0) is 16.8 Å². The van der Waals surface area contributed by atoms with Gasteiger partial charge in [-0.05, 0) is 47.6 Å². The van der Waals surface area contributed by atoms with Crippen molar-refractivity contribution in [3.05, 3.63) is 94.3 Å². The summed E-state index contributed by atoms with van der Waals surface area (Å²) in [6, 6.07) is 19.4. The minimum Gasteiger partial charge on any atom is -0.346 e. The predicted octanol–water partition coefficient (Wildman–Crippen LogP) is 5.76. The van der Waals surface area contributed by atoms with Gasteiger partial charge in [0.2, 0.25) is 5.91 Å². The average molecular weight is 509 g/mol. The molecule has 1 N–H and O–H groups in total. The molecule has 1 heterocycles. The zero-order valence-electron chi connectivity index (χ0n) is 19.7. The maximum Gasteiger partial charge on any atom is 0.405 e. The molecule has 37 heavy (non-hydrogen) atoms.